The fourth-order valence-corrected chi connectivity index (χ4v) is 3.08. The van der Waals surface area contributed by atoms with Gasteiger partial charge in [0.15, 0.2) is 0 Å². The summed E-state index contributed by atoms with van der Waals surface area (Å²) in [6.45, 7) is 5.49. The SMILES string of the molecule is CCCNC(C)c1ccc(SCCc2nccn2C)cc1. The molecule has 0 aliphatic carbocycles. The van der Waals surface area contributed by atoms with Crippen molar-refractivity contribution in [2.24, 2.45) is 7.05 Å². The molecule has 1 aromatic heterocycles. The van der Waals surface area contributed by atoms with Gasteiger partial charge >= 0.3 is 0 Å². The quantitative estimate of drug-likeness (QED) is 0.752. The van der Waals surface area contributed by atoms with E-state index in [4.69, 9.17) is 0 Å². The van der Waals surface area contributed by atoms with E-state index in [0.29, 0.717) is 6.04 Å². The lowest BCUT2D eigenvalue weighted by molar-refractivity contribution is 0.570. The highest BCUT2D eigenvalue weighted by molar-refractivity contribution is 7.99. The number of hydrogen-bond acceptors (Lipinski definition) is 3. The lowest BCUT2D eigenvalue weighted by Crippen LogP contribution is -2.19. The molecule has 1 heterocycles. The summed E-state index contributed by atoms with van der Waals surface area (Å²) in [7, 11) is 2.05. The Morgan fingerprint density at radius 2 is 2.05 bits per heavy atom. The van der Waals surface area contributed by atoms with Gasteiger partial charge < -0.3 is 9.88 Å². The van der Waals surface area contributed by atoms with E-state index in [1.54, 1.807) is 0 Å². The van der Waals surface area contributed by atoms with Crippen LogP contribution in [0.25, 0.3) is 0 Å². The van der Waals surface area contributed by atoms with E-state index in [1.807, 2.05) is 31.2 Å². The average Bonchev–Trinajstić information content (AvgIpc) is 2.91. The van der Waals surface area contributed by atoms with Gasteiger partial charge in [-0.05, 0) is 37.6 Å². The summed E-state index contributed by atoms with van der Waals surface area (Å²) in [5, 5.41) is 3.52. The second kappa shape index (κ2) is 8.25. The Hall–Kier alpha value is -1.26. The standard InChI is InChI=1S/C17H25N3S/c1-4-10-18-14(2)15-5-7-16(8-6-15)21-13-9-17-19-11-12-20(17)3/h5-8,11-12,14,18H,4,9-10,13H2,1-3H3. The van der Waals surface area contributed by atoms with Gasteiger partial charge in [0, 0.05) is 42.6 Å². The second-order valence-electron chi connectivity index (χ2n) is 5.30. The Bertz CT molecular complexity index is 533. The highest BCUT2D eigenvalue weighted by Gasteiger charge is 2.04. The maximum atomic E-state index is 4.35. The molecule has 1 N–H and O–H groups in total. The van der Waals surface area contributed by atoms with Crippen LogP contribution in [0.15, 0.2) is 41.6 Å². The molecule has 114 valence electrons. The van der Waals surface area contributed by atoms with Gasteiger partial charge in [-0.15, -0.1) is 11.8 Å². The lowest BCUT2D eigenvalue weighted by Gasteiger charge is -2.14. The number of nitrogens with one attached hydrogen (secondary N) is 1. The molecule has 0 saturated carbocycles. The molecular weight excluding hydrogens is 278 g/mol. The number of aromatic nitrogens is 2. The van der Waals surface area contributed by atoms with Crippen LogP contribution in [0.2, 0.25) is 0 Å². The molecular formula is C17H25N3S. The number of imidazole rings is 1. The van der Waals surface area contributed by atoms with Crippen LogP contribution >= 0.6 is 11.8 Å². The van der Waals surface area contributed by atoms with Crippen molar-refractivity contribution in [2.75, 3.05) is 12.3 Å². The van der Waals surface area contributed by atoms with Crippen molar-refractivity contribution in [2.45, 2.75) is 37.6 Å². The number of rotatable bonds is 8. The van der Waals surface area contributed by atoms with Crippen LogP contribution in [0.5, 0.6) is 0 Å². The van der Waals surface area contributed by atoms with Gasteiger partial charge in [0.25, 0.3) is 0 Å². The van der Waals surface area contributed by atoms with Crippen molar-refractivity contribution in [1.82, 2.24) is 14.9 Å². The van der Waals surface area contributed by atoms with Gasteiger partial charge in [0.1, 0.15) is 5.82 Å². The normalized spacial score (nSPS) is 12.5. The van der Waals surface area contributed by atoms with Gasteiger partial charge in [-0.25, -0.2) is 4.98 Å². The van der Waals surface area contributed by atoms with Gasteiger partial charge in [0.2, 0.25) is 0 Å². The predicted molar refractivity (Wildman–Crippen MR) is 90.8 cm³/mol. The van der Waals surface area contributed by atoms with Crippen molar-refractivity contribution >= 4 is 11.8 Å². The third-order valence-corrected chi connectivity index (χ3v) is 4.61. The molecule has 1 aromatic carbocycles. The molecule has 0 saturated heterocycles. The number of benzene rings is 1. The van der Waals surface area contributed by atoms with Crippen LogP contribution in [0.4, 0.5) is 0 Å². The van der Waals surface area contributed by atoms with Crippen molar-refractivity contribution in [3.8, 4) is 0 Å². The summed E-state index contributed by atoms with van der Waals surface area (Å²) >= 11 is 1.89. The number of thioether (sulfide) groups is 1. The molecule has 3 nitrogen and oxygen atoms in total. The zero-order valence-corrected chi connectivity index (χ0v) is 14.0. The topological polar surface area (TPSA) is 29.9 Å². The number of hydrogen-bond donors (Lipinski definition) is 1. The van der Waals surface area contributed by atoms with E-state index < -0.39 is 0 Å². The van der Waals surface area contributed by atoms with E-state index in [0.717, 1.165) is 24.5 Å². The van der Waals surface area contributed by atoms with Crippen molar-refractivity contribution in [1.29, 1.82) is 0 Å². The molecule has 0 aliphatic rings. The minimum absolute atomic E-state index is 0.427. The first-order valence-corrected chi connectivity index (χ1v) is 8.61. The molecule has 1 atom stereocenters. The van der Waals surface area contributed by atoms with Crippen molar-refractivity contribution < 1.29 is 0 Å². The smallest absolute Gasteiger partial charge is 0.109 e. The van der Waals surface area contributed by atoms with Crippen LogP contribution in [0.1, 0.15) is 37.7 Å². The third-order valence-electron chi connectivity index (χ3n) is 3.60. The lowest BCUT2D eigenvalue weighted by atomic mass is 10.1. The van der Waals surface area contributed by atoms with E-state index in [1.165, 1.54) is 16.9 Å². The van der Waals surface area contributed by atoms with Crippen LogP contribution in [0, 0.1) is 0 Å². The molecule has 0 bridgehead atoms. The van der Waals surface area contributed by atoms with E-state index >= 15 is 0 Å². The van der Waals surface area contributed by atoms with Crippen LogP contribution in [-0.4, -0.2) is 21.8 Å². The molecule has 0 spiro atoms. The molecule has 2 rings (SSSR count). The zero-order valence-electron chi connectivity index (χ0n) is 13.2. The van der Waals surface area contributed by atoms with Crippen LogP contribution < -0.4 is 5.32 Å². The molecule has 0 amide bonds. The van der Waals surface area contributed by atoms with Crippen LogP contribution in [-0.2, 0) is 13.5 Å². The van der Waals surface area contributed by atoms with Crippen molar-refractivity contribution in [3.63, 3.8) is 0 Å². The maximum absolute atomic E-state index is 4.35. The minimum atomic E-state index is 0.427. The third kappa shape index (κ3) is 4.90. The molecule has 0 aliphatic heterocycles. The Kier molecular flexibility index (Phi) is 6.33. The summed E-state index contributed by atoms with van der Waals surface area (Å²) in [4.78, 5) is 5.68. The van der Waals surface area contributed by atoms with Crippen molar-refractivity contribution in [3.05, 3.63) is 48.0 Å². The predicted octanol–water partition coefficient (Wildman–Crippen LogP) is 3.82. The van der Waals surface area contributed by atoms with Gasteiger partial charge in [0.05, 0.1) is 0 Å². The maximum Gasteiger partial charge on any atom is 0.109 e. The first-order valence-electron chi connectivity index (χ1n) is 7.63. The highest BCUT2D eigenvalue weighted by Crippen LogP contribution is 2.21. The van der Waals surface area contributed by atoms with Gasteiger partial charge in [-0.2, -0.15) is 0 Å². The van der Waals surface area contributed by atoms with Gasteiger partial charge in [-0.3, -0.25) is 0 Å². The highest BCUT2D eigenvalue weighted by atomic mass is 32.2. The second-order valence-corrected chi connectivity index (χ2v) is 6.47. The van der Waals surface area contributed by atoms with E-state index in [9.17, 15) is 0 Å². The Morgan fingerprint density at radius 3 is 2.67 bits per heavy atom. The molecule has 1 unspecified atom stereocenters. The fourth-order valence-electron chi connectivity index (χ4n) is 2.23. The summed E-state index contributed by atoms with van der Waals surface area (Å²) in [6, 6.07) is 9.34. The summed E-state index contributed by atoms with van der Waals surface area (Å²) < 4.78 is 2.09. The number of nitrogens with zero attached hydrogens (tertiary/aromatic N) is 2. The molecule has 4 heteroatoms. The molecule has 0 fully saturated rings. The summed E-state index contributed by atoms with van der Waals surface area (Å²) in [5.41, 5.74) is 1.36. The monoisotopic (exact) mass is 303 g/mol. The summed E-state index contributed by atoms with van der Waals surface area (Å²) in [5.74, 6) is 2.21. The Balaban J connectivity index is 1.81. The average molecular weight is 303 g/mol. The van der Waals surface area contributed by atoms with Crippen LogP contribution in [0.3, 0.4) is 0 Å². The number of aryl methyl sites for hydroxylation is 2. The van der Waals surface area contributed by atoms with E-state index in [2.05, 4.69) is 53.0 Å². The Labute approximate surface area is 132 Å². The Morgan fingerprint density at radius 1 is 1.29 bits per heavy atom. The largest absolute Gasteiger partial charge is 0.338 e. The molecule has 21 heavy (non-hydrogen) atoms. The molecule has 2 aromatic rings. The fraction of sp³-hybridized carbons (Fsp3) is 0.471. The van der Waals surface area contributed by atoms with E-state index in [-0.39, 0.29) is 0 Å². The molecule has 0 radical (unpaired) electrons. The minimum Gasteiger partial charge on any atom is -0.338 e. The first kappa shape index (κ1) is 16.1. The first-order chi connectivity index (χ1) is 10.2. The zero-order chi connectivity index (χ0) is 15.1. The summed E-state index contributed by atoms with van der Waals surface area (Å²) in [6.07, 6.45) is 6.04. The van der Waals surface area contributed by atoms with Gasteiger partial charge in [-0.1, -0.05) is 19.1 Å².